The van der Waals surface area contributed by atoms with Gasteiger partial charge in [0.2, 0.25) is 0 Å². The molecule has 0 bridgehead atoms. The second kappa shape index (κ2) is 6.44. The Labute approximate surface area is 125 Å². The minimum atomic E-state index is -0.00615. The molecule has 0 radical (unpaired) electrons. The largest absolute Gasteiger partial charge is 0.385 e. The molecule has 0 saturated carbocycles. The molecule has 2 N–H and O–H groups in total. The van der Waals surface area contributed by atoms with Gasteiger partial charge in [0, 0.05) is 24.3 Å². The lowest BCUT2D eigenvalue weighted by Crippen LogP contribution is -2.26. The predicted octanol–water partition coefficient (Wildman–Crippen LogP) is 3.02. The molecule has 3 nitrogen and oxygen atoms in total. The maximum absolute atomic E-state index is 12.0. The number of benzene rings is 2. The molecule has 0 saturated heterocycles. The van der Waals surface area contributed by atoms with Crippen molar-refractivity contribution < 1.29 is 4.79 Å². The maximum Gasteiger partial charge on any atom is 0.251 e. The van der Waals surface area contributed by atoms with Crippen LogP contribution in [0.15, 0.2) is 48.5 Å². The third kappa shape index (κ3) is 3.24. The van der Waals surface area contributed by atoms with E-state index in [1.807, 2.05) is 30.3 Å². The smallest absolute Gasteiger partial charge is 0.251 e. The Balaban J connectivity index is 1.60. The Kier molecular flexibility index (Phi) is 4.20. The van der Waals surface area contributed by atoms with Crippen molar-refractivity contribution in [2.45, 2.75) is 19.3 Å². The Morgan fingerprint density at radius 1 is 1.10 bits per heavy atom. The number of rotatable bonds is 4. The van der Waals surface area contributed by atoms with Gasteiger partial charge in [0.1, 0.15) is 0 Å². The standard InChI is InChI=1S/C18H20N2O/c21-18(16-6-2-1-3-7-16)20-13-11-15-9-4-8-14-10-5-12-19-17(14)15/h1-4,6-9,19H,5,10-13H2,(H,20,21). The summed E-state index contributed by atoms with van der Waals surface area (Å²) in [6.07, 6.45) is 3.20. The van der Waals surface area contributed by atoms with E-state index in [2.05, 4.69) is 28.8 Å². The summed E-state index contributed by atoms with van der Waals surface area (Å²) in [5.41, 5.74) is 4.68. The first-order chi connectivity index (χ1) is 10.3. The van der Waals surface area contributed by atoms with Gasteiger partial charge in [0.05, 0.1) is 0 Å². The van der Waals surface area contributed by atoms with Crippen LogP contribution in [0.5, 0.6) is 0 Å². The van der Waals surface area contributed by atoms with Crippen molar-refractivity contribution in [1.29, 1.82) is 0 Å². The zero-order chi connectivity index (χ0) is 14.5. The molecule has 0 atom stereocenters. The molecule has 2 aromatic rings. The minimum Gasteiger partial charge on any atom is -0.385 e. The number of aryl methyl sites for hydroxylation is 1. The molecule has 0 spiro atoms. The number of nitrogens with one attached hydrogen (secondary N) is 2. The van der Waals surface area contributed by atoms with Gasteiger partial charge in [-0.1, -0.05) is 36.4 Å². The van der Waals surface area contributed by atoms with E-state index in [0.29, 0.717) is 12.1 Å². The van der Waals surface area contributed by atoms with Crippen molar-refractivity contribution in [1.82, 2.24) is 5.32 Å². The van der Waals surface area contributed by atoms with E-state index in [4.69, 9.17) is 0 Å². The van der Waals surface area contributed by atoms with Gasteiger partial charge < -0.3 is 10.6 Å². The molecule has 0 aliphatic carbocycles. The van der Waals surface area contributed by atoms with Crippen molar-refractivity contribution in [3.05, 3.63) is 65.2 Å². The second-order valence-electron chi connectivity index (χ2n) is 5.35. The molecule has 1 aliphatic heterocycles. The maximum atomic E-state index is 12.0. The average Bonchev–Trinajstić information content (AvgIpc) is 2.56. The first-order valence-electron chi connectivity index (χ1n) is 7.52. The molecule has 0 unspecified atom stereocenters. The normalized spacial score (nSPS) is 13.1. The van der Waals surface area contributed by atoms with Crippen LogP contribution in [0.2, 0.25) is 0 Å². The van der Waals surface area contributed by atoms with E-state index in [-0.39, 0.29) is 5.91 Å². The molecule has 1 heterocycles. The molecule has 0 fully saturated rings. The Bertz CT molecular complexity index is 622. The van der Waals surface area contributed by atoms with Crippen molar-refractivity contribution in [2.24, 2.45) is 0 Å². The SMILES string of the molecule is O=C(NCCc1cccc2c1NCCC2)c1ccccc1. The summed E-state index contributed by atoms with van der Waals surface area (Å²) in [7, 11) is 0. The van der Waals surface area contributed by atoms with Crippen LogP contribution in [0, 0.1) is 0 Å². The van der Waals surface area contributed by atoms with E-state index < -0.39 is 0 Å². The van der Waals surface area contributed by atoms with E-state index in [1.54, 1.807) is 0 Å². The summed E-state index contributed by atoms with van der Waals surface area (Å²) in [5.74, 6) is -0.00615. The van der Waals surface area contributed by atoms with Gasteiger partial charge in [-0.2, -0.15) is 0 Å². The van der Waals surface area contributed by atoms with Crippen LogP contribution in [-0.4, -0.2) is 19.0 Å². The van der Waals surface area contributed by atoms with E-state index >= 15 is 0 Å². The number of anilines is 1. The number of fused-ring (bicyclic) bond motifs is 1. The fourth-order valence-electron chi connectivity index (χ4n) is 2.79. The first kappa shape index (κ1) is 13.7. The van der Waals surface area contributed by atoms with Crippen LogP contribution >= 0.6 is 0 Å². The molecule has 108 valence electrons. The Hall–Kier alpha value is -2.29. The number of para-hydroxylation sites is 1. The number of hydrogen-bond donors (Lipinski definition) is 2. The van der Waals surface area contributed by atoms with E-state index in [9.17, 15) is 4.79 Å². The summed E-state index contributed by atoms with van der Waals surface area (Å²) >= 11 is 0. The quantitative estimate of drug-likeness (QED) is 0.904. The van der Waals surface area contributed by atoms with Gasteiger partial charge in [-0.25, -0.2) is 0 Å². The minimum absolute atomic E-state index is 0.00615. The molecular weight excluding hydrogens is 260 g/mol. The van der Waals surface area contributed by atoms with Gasteiger partial charge in [0.25, 0.3) is 5.91 Å². The third-order valence-electron chi connectivity index (χ3n) is 3.88. The lowest BCUT2D eigenvalue weighted by molar-refractivity contribution is 0.0954. The van der Waals surface area contributed by atoms with Crippen LogP contribution < -0.4 is 10.6 Å². The predicted molar refractivity (Wildman–Crippen MR) is 85.7 cm³/mol. The highest BCUT2D eigenvalue weighted by Crippen LogP contribution is 2.26. The number of amides is 1. The van der Waals surface area contributed by atoms with Crippen molar-refractivity contribution in [3.8, 4) is 0 Å². The summed E-state index contributed by atoms with van der Waals surface area (Å²) in [6, 6.07) is 15.8. The second-order valence-corrected chi connectivity index (χ2v) is 5.35. The zero-order valence-corrected chi connectivity index (χ0v) is 12.1. The van der Waals surface area contributed by atoms with Gasteiger partial charge >= 0.3 is 0 Å². The monoisotopic (exact) mass is 280 g/mol. The molecule has 2 aromatic carbocycles. The number of hydrogen-bond acceptors (Lipinski definition) is 2. The topological polar surface area (TPSA) is 41.1 Å². The number of carbonyl (C=O) groups excluding carboxylic acids is 1. The first-order valence-corrected chi connectivity index (χ1v) is 7.52. The van der Waals surface area contributed by atoms with Crippen molar-refractivity contribution in [2.75, 3.05) is 18.4 Å². The van der Waals surface area contributed by atoms with Gasteiger partial charge in [-0.15, -0.1) is 0 Å². The molecule has 3 heteroatoms. The zero-order valence-electron chi connectivity index (χ0n) is 12.1. The Morgan fingerprint density at radius 2 is 1.95 bits per heavy atom. The van der Waals surface area contributed by atoms with Crippen LogP contribution in [0.1, 0.15) is 27.9 Å². The summed E-state index contributed by atoms with van der Waals surface area (Å²) in [5, 5.41) is 6.48. The lowest BCUT2D eigenvalue weighted by atomic mass is 9.98. The van der Waals surface area contributed by atoms with Gasteiger partial charge in [0.15, 0.2) is 0 Å². The van der Waals surface area contributed by atoms with Crippen LogP contribution in [-0.2, 0) is 12.8 Å². The molecular formula is C18H20N2O. The number of carbonyl (C=O) groups is 1. The summed E-state index contributed by atoms with van der Waals surface area (Å²) in [6.45, 7) is 1.70. The summed E-state index contributed by atoms with van der Waals surface area (Å²) in [4.78, 5) is 12.0. The van der Waals surface area contributed by atoms with Crippen LogP contribution in [0.3, 0.4) is 0 Å². The molecule has 0 aromatic heterocycles. The van der Waals surface area contributed by atoms with E-state index in [1.165, 1.54) is 23.2 Å². The Morgan fingerprint density at radius 3 is 2.81 bits per heavy atom. The van der Waals surface area contributed by atoms with Gasteiger partial charge in [-0.05, 0) is 42.5 Å². The fourth-order valence-corrected chi connectivity index (χ4v) is 2.79. The van der Waals surface area contributed by atoms with E-state index in [0.717, 1.165) is 19.4 Å². The lowest BCUT2D eigenvalue weighted by Gasteiger charge is -2.21. The molecule has 1 aliphatic rings. The molecule has 3 rings (SSSR count). The van der Waals surface area contributed by atoms with Crippen molar-refractivity contribution >= 4 is 11.6 Å². The van der Waals surface area contributed by atoms with Crippen molar-refractivity contribution in [3.63, 3.8) is 0 Å². The highest BCUT2D eigenvalue weighted by Gasteiger charge is 2.12. The molecule has 21 heavy (non-hydrogen) atoms. The fraction of sp³-hybridized carbons (Fsp3) is 0.278. The van der Waals surface area contributed by atoms with Gasteiger partial charge in [-0.3, -0.25) is 4.79 Å². The molecule has 1 amide bonds. The highest BCUT2D eigenvalue weighted by molar-refractivity contribution is 5.94. The third-order valence-corrected chi connectivity index (χ3v) is 3.88. The van der Waals surface area contributed by atoms with Crippen LogP contribution in [0.4, 0.5) is 5.69 Å². The average molecular weight is 280 g/mol. The van der Waals surface area contributed by atoms with Crippen LogP contribution in [0.25, 0.3) is 0 Å². The highest BCUT2D eigenvalue weighted by atomic mass is 16.1. The summed E-state index contributed by atoms with van der Waals surface area (Å²) < 4.78 is 0.